The minimum absolute atomic E-state index is 0.0660. The minimum Gasteiger partial charge on any atom is -0.462 e. The normalized spacial score (nSPS) is 17.7. The maximum absolute atomic E-state index is 12.2. The quantitative estimate of drug-likeness (QED) is 0.303. The molecule has 0 saturated heterocycles. The summed E-state index contributed by atoms with van der Waals surface area (Å²) in [6, 6.07) is 0. The maximum atomic E-state index is 12.2. The molecule has 2 heteroatoms. The molecule has 1 aliphatic rings. The molecule has 0 spiro atoms. The highest BCUT2D eigenvalue weighted by atomic mass is 16.5. The van der Waals surface area contributed by atoms with Gasteiger partial charge in [-0.25, -0.2) is 0 Å². The van der Waals surface area contributed by atoms with Gasteiger partial charge in [0, 0.05) is 0 Å². The maximum Gasteiger partial charge on any atom is 0.309 e. The molecular weight excluding hydrogens is 248 g/mol. The van der Waals surface area contributed by atoms with Crippen LogP contribution in [0.1, 0.15) is 84.5 Å². The fraction of sp³-hybridized carbons (Fsp3) is 0.833. The van der Waals surface area contributed by atoms with Gasteiger partial charge < -0.3 is 4.74 Å². The Bertz CT molecular complexity index is 277. The van der Waals surface area contributed by atoms with Crippen molar-refractivity contribution in [1.82, 2.24) is 0 Å². The Hall–Kier alpha value is -0.790. The molecule has 0 bridgehead atoms. The predicted molar refractivity (Wildman–Crippen MR) is 84.6 cm³/mol. The lowest BCUT2D eigenvalue weighted by Crippen LogP contribution is -2.22. The molecule has 0 amide bonds. The second-order valence-corrected chi connectivity index (χ2v) is 6.02. The number of ether oxygens (including phenoxy) is 1. The van der Waals surface area contributed by atoms with Crippen LogP contribution in [0.2, 0.25) is 0 Å². The first-order valence-electron chi connectivity index (χ1n) is 8.63. The summed E-state index contributed by atoms with van der Waals surface area (Å²) in [6.07, 6.45) is 16.9. The van der Waals surface area contributed by atoms with Crippen LogP contribution in [-0.2, 0) is 9.53 Å². The molecule has 0 aromatic heterocycles. The van der Waals surface area contributed by atoms with Gasteiger partial charge in [0.15, 0.2) is 0 Å². The number of hydrogen-bond acceptors (Lipinski definition) is 2. The van der Waals surface area contributed by atoms with Crippen LogP contribution < -0.4 is 0 Å². The lowest BCUT2D eigenvalue weighted by molar-refractivity contribution is -0.154. The van der Waals surface area contributed by atoms with Crippen molar-refractivity contribution in [2.45, 2.75) is 90.6 Å². The zero-order valence-electron chi connectivity index (χ0n) is 13.4. The van der Waals surface area contributed by atoms with Crippen LogP contribution in [0.3, 0.4) is 0 Å². The van der Waals surface area contributed by atoms with Crippen molar-refractivity contribution in [3.05, 3.63) is 12.2 Å². The molecule has 1 rings (SSSR count). The van der Waals surface area contributed by atoms with E-state index in [0.717, 1.165) is 44.9 Å². The number of esters is 1. The summed E-state index contributed by atoms with van der Waals surface area (Å²) in [5.41, 5.74) is 0. The summed E-state index contributed by atoms with van der Waals surface area (Å²) in [4.78, 5) is 12.2. The first kappa shape index (κ1) is 17.3. The molecule has 1 unspecified atom stereocenters. The molecule has 1 fully saturated rings. The minimum atomic E-state index is 0.0660. The van der Waals surface area contributed by atoms with Gasteiger partial charge in [-0.05, 0) is 57.8 Å². The SMILES string of the molecule is CCCC=CCCCC(CCC)C(=O)OC1CCCC1. The monoisotopic (exact) mass is 280 g/mol. The summed E-state index contributed by atoms with van der Waals surface area (Å²) in [5, 5.41) is 0. The Morgan fingerprint density at radius 3 is 2.45 bits per heavy atom. The highest BCUT2D eigenvalue weighted by molar-refractivity contribution is 5.72. The van der Waals surface area contributed by atoms with Gasteiger partial charge in [-0.3, -0.25) is 4.79 Å². The number of carbonyl (C=O) groups excluding carboxylic acids is 1. The standard InChI is InChI=1S/C18H32O2/c1-3-5-6-7-8-9-13-16(12-4-2)18(19)20-17-14-10-11-15-17/h6-7,16-17H,3-5,8-15H2,1-2H3. The molecule has 1 atom stereocenters. The van der Waals surface area contributed by atoms with Crippen molar-refractivity contribution in [1.29, 1.82) is 0 Å². The van der Waals surface area contributed by atoms with Gasteiger partial charge in [0.05, 0.1) is 5.92 Å². The lowest BCUT2D eigenvalue weighted by Gasteiger charge is -2.18. The van der Waals surface area contributed by atoms with E-state index in [2.05, 4.69) is 26.0 Å². The third kappa shape index (κ3) is 7.12. The zero-order chi connectivity index (χ0) is 14.6. The molecule has 0 N–H and O–H groups in total. The molecule has 0 heterocycles. The first-order chi connectivity index (χ1) is 9.77. The molecule has 0 aromatic carbocycles. The van der Waals surface area contributed by atoms with Gasteiger partial charge >= 0.3 is 5.97 Å². The van der Waals surface area contributed by atoms with Gasteiger partial charge in [0.2, 0.25) is 0 Å². The third-order valence-corrected chi connectivity index (χ3v) is 4.10. The van der Waals surface area contributed by atoms with Crippen LogP contribution in [0.5, 0.6) is 0 Å². The topological polar surface area (TPSA) is 26.3 Å². The Balaban J connectivity index is 2.25. The summed E-state index contributed by atoms with van der Waals surface area (Å²) >= 11 is 0. The van der Waals surface area contributed by atoms with Crippen molar-refractivity contribution in [3.63, 3.8) is 0 Å². The van der Waals surface area contributed by atoms with Gasteiger partial charge in [-0.15, -0.1) is 0 Å². The predicted octanol–water partition coefficient (Wildman–Crippen LogP) is 5.42. The third-order valence-electron chi connectivity index (χ3n) is 4.10. The van der Waals surface area contributed by atoms with Crippen molar-refractivity contribution in [2.24, 2.45) is 5.92 Å². The van der Waals surface area contributed by atoms with E-state index in [1.165, 1.54) is 25.7 Å². The second-order valence-electron chi connectivity index (χ2n) is 6.02. The van der Waals surface area contributed by atoms with Crippen LogP contribution in [0.25, 0.3) is 0 Å². The van der Waals surface area contributed by atoms with Crippen LogP contribution in [0, 0.1) is 5.92 Å². The van der Waals surface area contributed by atoms with Gasteiger partial charge in [-0.2, -0.15) is 0 Å². The first-order valence-corrected chi connectivity index (χ1v) is 8.63. The highest BCUT2D eigenvalue weighted by Gasteiger charge is 2.24. The summed E-state index contributed by atoms with van der Waals surface area (Å²) in [6.45, 7) is 4.34. The van der Waals surface area contributed by atoms with E-state index < -0.39 is 0 Å². The number of carbonyl (C=O) groups is 1. The Morgan fingerprint density at radius 2 is 1.80 bits per heavy atom. The van der Waals surface area contributed by atoms with Crippen molar-refractivity contribution < 1.29 is 9.53 Å². The van der Waals surface area contributed by atoms with Gasteiger partial charge in [0.25, 0.3) is 0 Å². The fourth-order valence-corrected chi connectivity index (χ4v) is 2.88. The summed E-state index contributed by atoms with van der Waals surface area (Å²) in [5.74, 6) is 0.191. The van der Waals surface area contributed by atoms with Gasteiger partial charge in [0.1, 0.15) is 6.10 Å². The zero-order valence-corrected chi connectivity index (χ0v) is 13.4. The molecule has 0 radical (unpaired) electrons. The molecule has 116 valence electrons. The fourth-order valence-electron chi connectivity index (χ4n) is 2.88. The molecule has 1 aliphatic carbocycles. The Morgan fingerprint density at radius 1 is 1.10 bits per heavy atom. The molecule has 0 aromatic rings. The van der Waals surface area contributed by atoms with E-state index in [1.54, 1.807) is 0 Å². The van der Waals surface area contributed by atoms with Crippen LogP contribution in [0.15, 0.2) is 12.2 Å². The number of rotatable bonds is 10. The number of hydrogen-bond donors (Lipinski definition) is 0. The van der Waals surface area contributed by atoms with Crippen LogP contribution in [-0.4, -0.2) is 12.1 Å². The van der Waals surface area contributed by atoms with E-state index in [0.29, 0.717) is 0 Å². The molecule has 1 saturated carbocycles. The van der Waals surface area contributed by atoms with Crippen molar-refractivity contribution in [3.8, 4) is 0 Å². The van der Waals surface area contributed by atoms with Crippen molar-refractivity contribution >= 4 is 5.97 Å². The van der Waals surface area contributed by atoms with Gasteiger partial charge in [-0.1, -0.05) is 38.8 Å². The molecule has 2 nitrogen and oxygen atoms in total. The summed E-state index contributed by atoms with van der Waals surface area (Å²) < 4.78 is 5.66. The van der Waals surface area contributed by atoms with Crippen LogP contribution in [0.4, 0.5) is 0 Å². The second kappa shape index (κ2) is 10.9. The molecule has 20 heavy (non-hydrogen) atoms. The highest BCUT2D eigenvalue weighted by Crippen LogP contribution is 2.24. The van der Waals surface area contributed by atoms with E-state index >= 15 is 0 Å². The van der Waals surface area contributed by atoms with Crippen LogP contribution >= 0.6 is 0 Å². The Labute approximate surface area is 125 Å². The molecule has 0 aliphatic heterocycles. The van der Waals surface area contributed by atoms with E-state index in [9.17, 15) is 4.79 Å². The lowest BCUT2D eigenvalue weighted by atomic mass is 9.97. The van der Waals surface area contributed by atoms with E-state index in [4.69, 9.17) is 4.74 Å². The molecular formula is C18H32O2. The average Bonchev–Trinajstić information content (AvgIpc) is 2.94. The van der Waals surface area contributed by atoms with Crippen molar-refractivity contribution in [2.75, 3.05) is 0 Å². The number of unbranched alkanes of at least 4 members (excludes halogenated alkanes) is 2. The largest absolute Gasteiger partial charge is 0.462 e. The average molecular weight is 280 g/mol. The Kier molecular flexibility index (Phi) is 9.44. The smallest absolute Gasteiger partial charge is 0.309 e. The summed E-state index contributed by atoms with van der Waals surface area (Å²) in [7, 11) is 0. The number of allylic oxidation sites excluding steroid dienone is 2. The van der Waals surface area contributed by atoms with E-state index in [-0.39, 0.29) is 18.0 Å². The van der Waals surface area contributed by atoms with E-state index in [1.807, 2.05) is 0 Å².